The van der Waals surface area contributed by atoms with Gasteiger partial charge in [0.25, 0.3) is 5.91 Å². The number of amides is 1. The van der Waals surface area contributed by atoms with E-state index in [1.54, 1.807) is 6.07 Å². The van der Waals surface area contributed by atoms with Crippen LogP contribution in [0, 0.1) is 11.3 Å². The lowest BCUT2D eigenvalue weighted by atomic mass is 10.2. The highest BCUT2D eigenvalue weighted by Gasteiger charge is 2.05. The van der Waals surface area contributed by atoms with Crippen LogP contribution in [-0.2, 0) is 11.1 Å². The predicted octanol–water partition coefficient (Wildman–Crippen LogP) is 0.521. The first-order valence-electron chi connectivity index (χ1n) is 4.01. The average Bonchev–Trinajstić information content (AvgIpc) is 2.26. The molecule has 0 bridgehead atoms. The molecule has 0 aliphatic rings. The molecule has 78 valence electrons. The molecule has 0 saturated heterocycles. The summed E-state index contributed by atoms with van der Waals surface area (Å²) in [6.07, 6.45) is 0. The summed E-state index contributed by atoms with van der Waals surface area (Å²) in [7, 11) is 0. The molecule has 1 amide bonds. The van der Waals surface area contributed by atoms with Crippen LogP contribution in [0.5, 0.6) is 0 Å². The molecule has 0 fully saturated rings. The van der Waals surface area contributed by atoms with Crippen LogP contribution < -0.4 is 5.32 Å². The summed E-state index contributed by atoms with van der Waals surface area (Å²) in [5, 5.41) is 10.6. The standard InChI is InChI=1S/C9H8N2O3S/c10-5-6-11-9(12)7-1-3-8(4-2-7)15(13)14/h1-4H,6H2,(H,11,12)(H,13,14). The molecule has 1 rings (SSSR count). The third kappa shape index (κ3) is 3.16. The van der Waals surface area contributed by atoms with Crippen LogP contribution in [0.3, 0.4) is 0 Å². The summed E-state index contributed by atoms with van der Waals surface area (Å²) in [5.41, 5.74) is 0.347. The smallest absolute Gasteiger partial charge is 0.252 e. The molecule has 6 heteroatoms. The van der Waals surface area contributed by atoms with E-state index in [2.05, 4.69) is 5.32 Å². The number of benzene rings is 1. The number of hydrogen-bond acceptors (Lipinski definition) is 3. The lowest BCUT2D eigenvalue weighted by molar-refractivity contribution is 0.0958. The largest absolute Gasteiger partial charge is 0.339 e. The van der Waals surface area contributed by atoms with Gasteiger partial charge in [-0.1, -0.05) is 0 Å². The van der Waals surface area contributed by atoms with Crippen LogP contribution >= 0.6 is 0 Å². The average molecular weight is 224 g/mol. The van der Waals surface area contributed by atoms with E-state index in [-0.39, 0.29) is 17.3 Å². The van der Waals surface area contributed by atoms with Crippen molar-refractivity contribution in [1.82, 2.24) is 5.32 Å². The number of carbonyl (C=O) groups is 1. The minimum Gasteiger partial charge on any atom is -0.339 e. The summed E-state index contributed by atoms with van der Waals surface area (Å²) < 4.78 is 19.3. The van der Waals surface area contributed by atoms with Crippen LogP contribution in [0.15, 0.2) is 29.2 Å². The van der Waals surface area contributed by atoms with Gasteiger partial charge in [-0.15, -0.1) is 0 Å². The second-order valence-electron chi connectivity index (χ2n) is 2.61. The van der Waals surface area contributed by atoms with Gasteiger partial charge in [-0.05, 0) is 24.3 Å². The Morgan fingerprint density at radius 3 is 2.53 bits per heavy atom. The fraction of sp³-hybridized carbons (Fsp3) is 0.111. The van der Waals surface area contributed by atoms with Crippen molar-refractivity contribution in [2.45, 2.75) is 4.90 Å². The topological polar surface area (TPSA) is 90.2 Å². The second-order valence-corrected chi connectivity index (χ2v) is 3.58. The quantitative estimate of drug-likeness (QED) is 0.578. The normalized spacial score (nSPS) is 11.5. The van der Waals surface area contributed by atoms with E-state index in [9.17, 15) is 9.00 Å². The third-order valence-electron chi connectivity index (χ3n) is 1.65. The number of nitrogens with zero attached hydrogens (tertiary/aromatic N) is 1. The van der Waals surface area contributed by atoms with Crippen LogP contribution in [0.25, 0.3) is 0 Å². The van der Waals surface area contributed by atoms with E-state index in [0.717, 1.165) is 0 Å². The number of rotatable bonds is 3. The minimum absolute atomic E-state index is 0.0630. The van der Waals surface area contributed by atoms with Crippen LogP contribution in [-0.4, -0.2) is 21.2 Å². The van der Waals surface area contributed by atoms with Gasteiger partial charge in [-0.25, -0.2) is 4.21 Å². The Bertz CT molecular complexity index is 422. The molecule has 2 N–H and O–H groups in total. The SMILES string of the molecule is N#CCNC(=O)c1ccc(S(=O)O)cc1. The number of hydrogen-bond donors (Lipinski definition) is 2. The Kier molecular flexibility index (Phi) is 3.97. The molecule has 0 radical (unpaired) electrons. The Morgan fingerprint density at radius 2 is 2.07 bits per heavy atom. The molecule has 0 aliphatic carbocycles. The van der Waals surface area contributed by atoms with E-state index in [0.29, 0.717) is 5.56 Å². The predicted molar refractivity (Wildman–Crippen MR) is 53.4 cm³/mol. The van der Waals surface area contributed by atoms with Gasteiger partial charge in [0, 0.05) is 5.56 Å². The van der Waals surface area contributed by atoms with E-state index < -0.39 is 11.1 Å². The zero-order valence-electron chi connectivity index (χ0n) is 7.64. The maximum atomic E-state index is 11.3. The van der Waals surface area contributed by atoms with Gasteiger partial charge in [0.1, 0.15) is 6.54 Å². The Hall–Kier alpha value is -1.71. The molecule has 0 spiro atoms. The van der Waals surface area contributed by atoms with Crippen LogP contribution in [0.1, 0.15) is 10.4 Å². The summed E-state index contributed by atoms with van der Waals surface area (Å²) in [4.78, 5) is 11.5. The fourth-order valence-corrected chi connectivity index (χ4v) is 1.31. The summed E-state index contributed by atoms with van der Waals surface area (Å²) in [6.45, 7) is -0.0630. The van der Waals surface area contributed by atoms with Crippen LogP contribution in [0.4, 0.5) is 0 Å². The zero-order valence-corrected chi connectivity index (χ0v) is 8.45. The van der Waals surface area contributed by atoms with E-state index in [4.69, 9.17) is 9.81 Å². The highest BCUT2D eigenvalue weighted by Crippen LogP contribution is 2.07. The lowest BCUT2D eigenvalue weighted by Gasteiger charge is -2.01. The van der Waals surface area contributed by atoms with E-state index in [1.807, 2.05) is 0 Å². The molecule has 5 nitrogen and oxygen atoms in total. The van der Waals surface area contributed by atoms with Crippen molar-refractivity contribution in [3.8, 4) is 6.07 Å². The first-order valence-corrected chi connectivity index (χ1v) is 5.12. The van der Waals surface area contributed by atoms with Gasteiger partial charge < -0.3 is 9.87 Å². The fourth-order valence-electron chi connectivity index (χ4n) is 0.945. The molecule has 1 aromatic rings. The Labute approximate surface area is 89.0 Å². The van der Waals surface area contributed by atoms with Crippen molar-refractivity contribution in [3.05, 3.63) is 29.8 Å². The van der Waals surface area contributed by atoms with Gasteiger partial charge in [-0.2, -0.15) is 5.26 Å². The zero-order chi connectivity index (χ0) is 11.3. The van der Waals surface area contributed by atoms with E-state index in [1.165, 1.54) is 24.3 Å². The maximum Gasteiger partial charge on any atom is 0.252 e. The molecule has 1 unspecified atom stereocenters. The molecule has 0 aliphatic heterocycles. The maximum absolute atomic E-state index is 11.3. The van der Waals surface area contributed by atoms with Crippen molar-refractivity contribution >= 4 is 17.0 Å². The summed E-state index contributed by atoms with van der Waals surface area (Å²) in [6, 6.07) is 7.40. The molecular weight excluding hydrogens is 216 g/mol. The summed E-state index contributed by atoms with van der Waals surface area (Å²) >= 11 is -2.04. The molecule has 1 atom stereocenters. The van der Waals surface area contributed by atoms with Gasteiger partial charge >= 0.3 is 0 Å². The number of carbonyl (C=O) groups excluding carboxylic acids is 1. The third-order valence-corrected chi connectivity index (χ3v) is 2.32. The van der Waals surface area contributed by atoms with Crippen molar-refractivity contribution in [2.24, 2.45) is 0 Å². The molecule has 0 heterocycles. The first-order chi connectivity index (χ1) is 7.15. The van der Waals surface area contributed by atoms with Gasteiger partial charge in [-0.3, -0.25) is 4.79 Å². The van der Waals surface area contributed by atoms with Gasteiger partial charge in [0.2, 0.25) is 0 Å². The number of nitrogens with one attached hydrogen (secondary N) is 1. The Morgan fingerprint density at radius 1 is 1.47 bits per heavy atom. The molecule has 15 heavy (non-hydrogen) atoms. The Balaban J connectivity index is 2.76. The van der Waals surface area contributed by atoms with E-state index >= 15 is 0 Å². The van der Waals surface area contributed by atoms with Crippen molar-refractivity contribution in [3.63, 3.8) is 0 Å². The monoisotopic (exact) mass is 224 g/mol. The van der Waals surface area contributed by atoms with Gasteiger partial charge in [0.05, 0.1) is 11.0 Å². The summed E-state index contributed by atoms with van der Waals surface area (Å²) in [5.74, 6) is -0.383. The minimum atomic E-state index is -2.04. The highest BCUT2D eigenvalue weighted by molar-refractivity contribution is 7.79. The molecular formula is C9H8N2O3S. The molecule has 0 aromatic heterocycles. The first kappa shape index (κ1) is 11.4. The van der Waals surface area contributed by atoms with Gasteiger partial charge in [0.15, 0.2) is 11.1 Å². The van der Waals surface area contributed by atoms with Crippen molar-refractivity contribution < 1.29 is 13.6 Å². The molecule has 1 aromatic carbocycles. The second kappa shape index (κ2) is 5.24. The van der Waals surface area contributed by atoms with Crippen molar-refractivity contribution in [2.75, 3.05) is 6.54 Å². The lowest BCUT2D eigenvalue weighted by Crippen LogP contribution is -2.23. The van der Waals surface area contributed by atoms with Crippen molar-refractivity contribution in [1.29, 1.82) is 5.26 Å². The highest BCUT2D eigenvalue weighted by atomic mass is 32.2. The van der Waals surface area contributed by atoms with Crippen LogP contribution in [0.2, 0.25) is 0 Å². The molecule has 0 saturated carbocycles. The number of nitriles is 1.